The van der Waals surface area contributed by atoms with Gasteiger partial charge in [0.05, 0.1) is 11.8 Å². The number of hydrogen-bond donors (Lipinski definition) is 1. The maximum atomic E-state index is 13.5. The molecule has 1 N–H and O–H groups in total. The van der Waals surface area contributed by atoms with Gasteiger partial charge >= 0.3 is 18.3 Å². The van der Waals surface area contributed by atoms with Crippen LogP contribution in [0.25, 0.3) is 16.8 Å². The Bertz CT molecular complexity index is 1170. The first-order chi connectivity index (χ1) is 14.2. The van der Waals surface area contributed by atoms with Crippen LogP contribution < -0.4 is 10.4 Å². The van der Waals surface area contributed by atoms with Gasteiger partial charge in [-0.05, 0) is 5.04 Å². The van der Waals surface area contributed by atoms with E-state index in [0.29, 0.717) is 16.8 Å². The molecule has 0 aliphatic rings. The topological polar surface area (TPSA) is 90.9 Å². The lowest BCUT2D eigenvalue weighted by Gasteiger charge is -2.19. The molecule has 0 saturated carbocycles. The van der Waals surface area contributed by atoms with Crippen LogP contribution in [0.2, 0.25) is 0 Å². The molecule has 3 rings (SSSR count). The molecule has 0 saturated heterocycles. The van der Waals surface area contributed by atoms with Crippen molar-refractivity contribution >= 4 is 5.65 Å². The predicted molar refractivity (Wildman–Crippen MR) is 83.0 cm³/mol. The molecule has 168 valence electrons. The van der Waals surface area contributed by atoms with Crippen LogP contribution in [-0.2, 0) is 17.8 Å². The van der Waals surface area contributed by atoms with Crippen LogP contribution in [0.15, 0.2) is 35.5 Å². The van der Waals surface area contributed by atoms with E-state index in [1.807, 2.05) is 0 Å². The van der Waals surface area contributed by atoms with Gasteiger partial charge in [-0.3, -0.25) is 13.9 Å². The van der Waals surface area contributed by atoms with Crippen molar-refractivity contribution in [2.24, 2.45) is 0 Å². The normalized spacial score (nSPS) is 13.1. The number of alkyl halides is 8. The molecule has 0 aromatic carbocycles. The Morgan fingerprint density at radius 1 is 1.10 bits per heavy atom. The Balaban J connectivity index is 2.16. The van der Waals surface area contributed by atoms with E-state index in [1.54, 1.807) is 0 Å². The van der Waals surface area contributed by atoms with Crippen molar-refractivity contribution in [3.63, 3.8) is 0 Å². The fourth-order valence-corrected chi connectivity index (χ4v) is 2.55. The molecular formula is C15H8F8N4O4. The molecule has 0 spiro atoms. The molecule has 0 radical (unpaired) electrons. The summed E-state index contributed by atoms with van der Waals surface area (Å²) in [5, 5.41) is 14.8. The number of rotatable bonds is 5. The Kier molecular flexibility index (Phi) is 5.39. The molecule has 0 bridgehead atoms. The lowest BCUT2D eigenvalue weighted by atomic mass is 10.1. The number of fused-ring (bicyclic) bond motifs is 1. The van der Waals surface area contributed by atoms with Gasteiger partial charge in [-0.25, -0.2) is 10.2 Å². The lowest BCUT2D eigenvalue weighted by molar-refractivity contribution is -0.438. The highest BCUT2D eigenvalue weighted by Crippen LogP contribution is 2.37. The molecule has 0 fully saturated rings. The Morgan fingerprint density at radius 3 is 2.35 bits per heavy atom. The maximum Gasteiger partial charge on any atom is 0.455 e. The smallest absolute Gasteiger partial charge is 0.308 e. The third-order valence-electron chi connectivity index (χ3n) is 3.90. The van der Waals surface area contributed by atoms with Crippen LogP contribution in [0.1, 0.15) is 5.69 Å². The van der Waals surface area contributed by atoms with Crippen LogP contribution >= 0.6 is 0 Å². The number of pyridine rings is 1. The quantitative estimate of drug-likeness (QED) is 0.356. The molecule has 3 heterocycles. The van der Waals surface area contributed by atoms with E-state index >= 15 is 0 Å². The zero-order valence-corrected chi connectivity index (χ0v) is 14.6. The van der Waals surface area contributed by atoms with Crippen LogP contribution in [-0.4, -0.2) is 36.5 Å². The lowest BCUT2D eigenvalue weighted by Crippen LogP contribution is -2.40. The van der Waals surface area contributed by atoms with E-state index < -0.39 is 52.8 Å². The van der Waals surface area contributed by atoms with Gasteiger partial charge in [0.2, 0.25) is 0 Å². The molecule has 0 aliphatic carbocycles. The summed E-state index contributed by atoms with van der Waals surface area (Å²) in [5.41, 5.74) is -5.47. The molecule has 31 heavy (non-hydrogen) atoms. The van der Waals surface area contributed by atoms with Gasteiger partial charge in [-0.1, -0.05) is 0 Å². The van der Waals surface area contributed by atoms with Gasteiger partial charge in [0.15, 0.2) is 11.4 Å². The van der Waals surface area contributed by atoms with Crippen molar-refractivity contribution in [1.82, 2.24) is 19.2 Å². The summed E-state index contributed by atoms with van der Waals surface area (Å²) >= 11 is 0. The summed E-state index contributed by atoms with van der Waals surface area (Å²) in [6.45, 7) is -2.01. The standard InChI is InChI=1S/C15H8F8N4O4/c16-13(17,15(21,22)23)6-26-5-7(4-24-26)10-11(14(18,19)20)25-9-3-8(30-31-29)1-2-27(9)12(10)28/h1-5,29H,6H2. The molecule has 8 nitrogen and oxygen atoms in total. The summed E-state index contributed by atoms with van der Waals surface area (Å²) in [6, 6.07) is 1.82. The number of halogens is 8. The van der Waals surface area contributed by atoms with Crippen molar-refractivity contribution in [1.29, 1.82) is 0 Å². The van der Waals surface area contributed by atoms with Crippen molar-refractivity contribution in [2.45, 2.75) is 24.8 Å². The number of nitrogens with zero attached hydrogens (tertiary/aromatic N) is 4. The first kappa shape index (κ1) is 22.4. The molecule has 3 aromatic rings. The van der Waals surface area contributed by atoms with Crippen molar-refractivity contribution in [3.05, 3.63) is 46.8 Å². The molecule has 0 unspecified atom stereocenters. The van der Waals surface area contributed by atoms with E-state index in [0.717, 1.165) is 18.3 Å². The van der Waals surface area contributed by atoms with E-state index in [1.165, 1.54) is 0 Å². The molecule has 3 aromatic heterocycles. The minimum absolute atomic E-state index is 0.0623. The van der Waals surface area contributed by atoms with Crippen molar-refractivity contribution in [2.75, 3.05) is 0 Å². The second-order valence-electron chi connectivity index (χ2n) is 6.02. The Morgan fingerprint density at radius 2 is 1.77 bits per heavy atom. The second kappa shape index (κ2) is 7.45. The van der Waals surface area contributed by atoms with Crippen LogP contribution in [0, 0.1) is 0 Å². The third-order valence-corrected chi connectivity index (χ3v) is 3.90. The zero-order valence-electron chi connectivity index (χ0n) is 14.6. The van der Waals surface area contributed by atoms with E-state index in [2.05, 4.69) is 20.0 Å². The highest BCUT2D eigenvalue weighted by molar-refractivity contribution is 5.66. The fraction of sp³-hybridized carbons (Fsp3) is 0.267. The minimum Gasteiger partial charge on any atom is -0.308 e. The summed E-state index contributed by atoms with van der Waals surface area (Å²) < 4.78 is 105. The SMILES string of the molecule is O=c1c(-c2cnn(CC(F)(F)C(F)(F)F)c2)c(C(F)(F)F)nc2cc(OOO)ccn12. The van der Waals surface area contributed by atoms with Crippen LogP contribution in [0.3, 0.4) is 0 Å². The molecule has 0 aliphatic heterocycles. The second-order valence-corrected chi connectivity index (χ2v) is 6.02. The number of hydrogen-bond acceptors (Lipinski definition) is 6. The van der Waals surface area contributed by atoms with Gasteiger partial charge in [0.1, 0.15) is 12.2 Å². The summed E-state index contributed by atoms with van der Waals surface area (Å²) in [6.07, 6.45) is -9.25. The van der Waals surface area contributed by atoms with Gasteiger partial charge in [-0.2, -0.15) is 40.2 Å². The van der Waals surface area contributed by atoms with Gasteiger partial charge in [-0.15, -0.1) is 0 Å². The maximum absolute atomic E-state index is 13.5. The van der Waals surface area contributed by atoms with Crippen LogP contribution in [0.4, 0.5) is 35.1 Å². The predicted octanol–water partition coefficient (Wildman–Crippen LogP) is 3.56. The zero-order chi connectivity index (χ0) is 23.2. The van der Waals surface area contributed by atoms with E-state index in [9.17, 15) is 39.9 Å². The highest BCUT2D eigenvalue weighted by atomic mass is 19.4. The van der Waals surface area contributed by atoms with Crippen LogP contribution in [0.5, 0.6) is 5.75 Å². The first-order valence-electron chi connectivity index (χ1n) is 7.83. The number of aromatic nitrogens is 4. The first-order valence-corrected chi connectivity index (χ1v) is 7.83. The highest BCUT2D eigenvalue weighted by Gasteiger charge is 2.57. The summed E-state index contributed by atoms with van der Waals surface area (Å²) in [7, 11) is 0. The summed E-state index contributed by atoms with van der Waals surface area (Å²) in [4.78, 5) is 20.2. The Labute approximate surface area is 164 Å². The average molecular weight is 460 g/mol. The van der Waals surface area contributed by atoms with Gasteiger partial charge in [0, 0.05) is 30.1 Å². The van der Waals surface area contributed by atoms with E-state index in [-0.39, 0.29) is 10.4 Å². The molecular weight excluding hydrogens is 452 g/mol. The Hall–Kier alpha value is -3.27. The van der Waals surface area contributed by atoms with Crippen molar-refractivity contribution in [3.8, 4) is 16.9 Å². The third kappa shape index (κ3) is 4.29. The fourth-order valence-electron chi connectivity index (χ4n) is 2.55. The molecule has 0 atom stereocenters. The largest absolute Gasteiger partial charge is 0.455 e. The summed E-state index contributed by atoms with van der Waals surface area (Å²) in [5.74, 6) is -5.54. The van der Waals surface area contributed by atoms with Gasteiger partial charge < -0.3 is 4.89 Å². The molecule has 0 amide bonds. The monoisotopic (exact) mass is 460 g/mol. The molecule has 16 heteroatoms. The minimum atomic E-state index is -5.92. The van der Waals surface area contributed by atoms with Crippen molar-refractivity contribution < 1.29 is 50.3 Å². The van der Waals surface area contributed by atoms with E-state index in [4.69, 9.17) is 5.26 Å². The average Bonchev–Trinajstić information content (AvgIpc) is 3.07. The van der Waals surface area contributed by atoms with Gasteiger partial charge in [0.25, 0.3) is 5.56 Å².